The van der Waals surface area contributed by atoms with Gasteiger partial charge in [-0.05, 0) is 116 Å². The van der Waals surface area contributed by atoms with Crippen molar-refractivity contribution in [2.24, 2.45) is 0 Å². The third kappa shape index (κ3) is 6.32. The first kappa shape index (κ1) is 38.5. The maximum absolute atomic E-state index is 5.33. The van der Waals surface area contributed by atoms with Crippen LogP contribution in [0.1, 0.15) is 0 Å². The summed E-state index contributed by atoms with van der Waals surface area (Å²) in [5.41, 5.74) is 10.7. The SMILES string of the molecule is c1ccc(-c2cccc3c2c2cc4ccccc4cc2n3-c2ccc(-c3nc(-c4ccc5ccccc5c4)nc(-c4ccc5ccccc5c4)n3)cc2-c2ccc3sc4ccccc4c3c2)cc1. The molecule has 0 amide bonds. The number of hydrogen-bond donors (Lipinski definition) is 0. The van der Waals surface area contributed by atoms with Gasteiger partial charge in [0.2, 0.25) is 0 Å². The first-order chi connectivity index (χ1) is 33.7. The van der Waals surface area contributed by atoms with Crippen LogP contribution in [0, 0.1) is 0 Å². The highest BCUT2D eigenvalue weighted by atomic mass is 32.1. The molecule has 0 atom stereocenters. The summed E-state index contributed by atoms with van der Waals surface area (Å²) in [6.45, 7) is 0. The third-order valence-electron chi connectivity index (χ3n) is 13.6. The van der Waals surface area contributed by atoms with Gasteiger partial charge in [-0.15, -0.1) is 11.3 Å². The number of nitrogens with zero attached hydrogens (tertiary/aromatic N) is 4. The lowest BCUT2D eigenvalue weighted by Gasteiger charge is -2.17. The molecule has 0 spiro atoms. The normalized spacial score (nSPS) is 11.8. The van der Waals surface area contributed by atoms with Crippen molar-refractivity contribution in [1.29, 1.82) is 0 Å². The minimum absolute atomic E-state index is 0.612. The molecule has 0 saturated carbocycles. The Bertz CT molecular complexity index is 4240. The summed E-state index contributed by atoms with van der Waals surface area (Å²) in [5, 5.41) is 12.0. The molecule has 0 fully saturated rings. The van der Waals surface area contributed by atoms with Crippen LogP contribution in [0.2, 0.25) is 0 Å². The van der Waals surface area contributed by atoms with Crippen molar-refractivity contribution in [2.45, 2.75) is 0 Å². The van der Waals surface area contributed by atoms with E-state index in [9.17, 15) is 0 Å². The van der Waals surface area contributed by atoms with E-state index in [0.717, 1.165) is 55.3 Å². The average Bonchev–Trinajstić information content (AvgIpc) is 3.94. The smallest absolute Gasteiger partial charge is 0.164 e. The zero-order valence-corrected chi connectivity index (χ0v) is 37.5. The fourth-order valence-corrected chi connectivity index (χ4v) is 11.4. The van der Waals surface area contributed by atoms with Crippen molar-refractivity contribution in [3.8, 4) is 62.1 Å². The molecule has 316 valence electrons. The van der Waals surface area contributed by atoms with Gasteiger partial charge in [-0.3, -0.25) is 0 Å². The lowest BCUT2D eigenvalue weighted by molar-refractivity contribution is 1.07. The van der Waals surface area contributed by atoms with Crippen molar-refractivity contribution in [3.05, 3.63) is 231 Å². The fraction of sp³-hybridized carbons (Fsp3) is 0. The van der Waals surface area contributed by atoms with Crippen LogP contribution in [0.3, 0.4) is 0 Å². The Labute approximate surface area is 395 Å². The van der Waals surface area contributed by atoms with Crippen LogP contribution < -0.4 is 0 Å². The lowest BCUT2D eigenvalue weighted by atomic mass is 9.98. The molecule has 4 nitrogen and oxygen atoms in total. The Hall–Kier alpha value is -8.77. The number of aromatic nitrogens is 4. The van der Waals surface area contributed by atoms with E-state index in [1.54, 1.807) is 0 Å². The summed E-state index contributed by atoms with van der Waals surface area (Å²) in [7, 11) is 0. The summed E-state index contributed by atoms with van der Waals surface area (Å²) < 4.78 is 5.03. The quantitative estimate of drug-likeness (QED) is 0.167. The molecule has 11 aromatic carbocycles. The predicted molar refractivity (Wildman–Crippen MR) is 287 cm³/mol. The van der Waals surface area contributed by atoms with E-state index >= 15 is 0 Å². The number of hydrogen-bond acceptors (Lipinski definition) is 4. The van der Waals surface area contributed by atoms with Gasteiger partial charge in [0, 0.05) is 53.2 Å². The second-order valence-corrected chi connectivity index (χ2v) is 18.7. The molecule has 14 aromatic rings. The van der Waals surface area contributed by atoms with Crippen LogP contribution >= 0.6 is 11.3 Å². The van der Waals surface area contributed by atoms with Gasteiger partial charge in [0.25, 0.3) is 0 Å². The number of rotatable bonds is 6. The van der Waals surface area contributed by atoms with Crippen molar-refractivity contribution < 1.29 is 0 Å². The molecule has 0 saturated heterocycles. The standard InChI is InChI=1S/C63H38N4S/c1-2-15-41(16-3-1)50-22-12-23-56-60(50)54-35-44-19-8-9-20-45(44)38-57(54)67(56)55-31-29-49(37-52(55)46-30-32-59-53(36-46)51-21-10-11-24-58(51)68-59)63-65-61(47-27-25-39-13-4-6-17-42(39)33-47)64-62(66-63)48-28-26-40-14-5-7-18-43(40)34-48/h1-38H. The molecule has 0 aliphatic heterocycles. The molecule has 0 unspecified atom stereocenters. The van der Waals surface area contributed by atoms with Crippen molar-refractivity contribution in [3.63, 3.8) is 0 Å². The summed E-state index contributed by atoms with van der Waals surface area (Å²) in [6.07, 6.45) is 0. The molecule has 5 heteroatoms. The zero-order valence-electron chi connectivity index (χ0n) is 36.6. The molecule has 0 N–H and O–H groups in total. The summed E-state index contributed by atoms with van der Waals surface area (Å²) in [5.74, 6) is 1.87. The van der Waals surface area contributed by atoms with E-state index in [1.165, 1.54) is 63.6 Å². The predicted octanol–water partition coefficient (Wildman–Crippen LogP) is 17.1. The van der Waals surface area contributed by atoms with E-state index in [4.69, 9.17) is 15.0 Å². The van der Waals surface area contributed by atoms with Crippen molar-refractivity contribution >= 4 is 85.6 Å². The van der Waals surface area contributed by atoms with E-state index < -0.39 is 0 Å². The van der Waals surface area contributed by atoms with Gasteiger partial charge in [0.15, 0.2) is 17.5 Å². The maximum Gasteiger partial charge on any atom is 0.164 e. The molecule has 0 aliphatic rings. The Morgan fingerprint density at radius 3 is 1.53 bits per heavy atom. The highest BCUT2D eigenvalue weighted by molar-refractivity contribution is 7.25. The summed E-state index contributed by atoms with van der Waals surface area (Å²) in [4.78, 5) is 15.9. The molecule has 3 aromatic heterocycles. The molecule has 0 bridgehead atoms. The molecule has 0 radical (unpaired) electrons. The average molecular weight is 883 g/mol. The Morgan fingerprint density at radius 2 is 0.838 bits per heavy atom. The topological polar surface area (TPSA) is 43.6 Å². The second-order valence-electron chi connectivity index (χ2n) is 17.6. The fourth-order valence-electron chi connectivity index (χ4n) is 10.3. The molecule has 0 aliphatic carbocycles. The number of thiophene rings is 1. The Balaban J connectivity index is 1.05. The van der Waals surface area contributed by atoms with E-state index in [1.807, 2.05) is 11.3 Å². The van der Waals surface area contributed by atoms with Gasteiger partial charge in [0.1, 0.15) is 0 Å². The van der Waals surface area contributed by atoms with Gasteiger partial charge in [0.05, 0.1) is 16.7 Å². The molecular weight excluding hydrogens is 845 g/mol. The Morgan fingerprint density at radius 1 is 0.294 bits per heavy atom. The van der Waals surface area contributed by atoms with Gasteiger partial charge in [-0.25, -0.2) is 15.0 Å². The van der Waals surface area contributed by atoms with Crippen LogP contribution in [0.4, 0.5) is 0 Å². The summed E-state index contributed by atoms with van der Waals surface area (Å²) in [6, 6.07) is 83.2. The first-order valence-corrected chi connectivity index (χ1v) is 23.8. The molecule has 68 heavy (non-hydrogen) atoms. The van der Waals surface area contributed by atoms with Crippen LogP contribution in [0.5, 0.6) is 0 Å². The molecule has 14 rings (SSSR count). The van der Waals surface area contributed by atoms with Crippen LogP contribution in [0.15, 0.2) is 231 Å². The van der Waals surface area contributed by atoms with Crippen molar-refractivity contribution in [1.82, 2.24) is 19.5 Å². The highest BCUT2D eigenvalue weighted by Crippen LogP contribution is 2.44. The maximum atomic E-state index is 5.33. The minimum atomic E-state index is 0.612. The molecule has 3 heterocycles. The van der Waals surface area contributed by atoms with Crippen LogP contribution in [-0.2, 0) is 0 Å². The second kappa shape index (κ2) is 15.4. The molecular formula is C63H38N4S. The number of fused-ring (bicyclic) bond motifs is 9. The van der Waals surface area contributed by atoms with Crippen LogP contribution in [0.25, 0.3) is 136 Å². The monoisotopic (exact) mass is 882 g/mol. The van der Waals surface area contributed by atoms with Gasteiger partial charge in [-0.2, -0.15) is 0 Å². The van der Waals surface area contributed by atoms with E-state index in [-0.39, 0.29) is 0 Å². The zero-order chi connectivity index (χ0) is 44.7. The highest BCUT2D eigenvalue weighted by Gasteiger charge is 2.22. The van der Waals surface area contributed by atoms with Crippen molar-refractivity contribution in [2.75, 3.05) is 0 Å². The van der Waals surface area contributed by atoms with Crippen LogP contribution in [-0.4, -0.2) is 19.5 Å². The summed E-state index contributed by atoms with van der Waals surface area (Å²) >= 11 is 1.84. The first-order valence-electron chi connectivity index (χ1n) is 23.0. The van der Waals surface area contributed by atoms with E-state index in [0.29, 0.717) is 17.5 Å². The Kier molecular flexibility index (Phi) is 8.73. The third-order valence-corrected chi connectivity index (χ3v) is 14.7. The largest absolute Gasteiger partial charge is 0.309 e. The van der Waals surface area contributed by atoms with E-state index in [2.05, 4.69) is 235 Å². The lowest BCUT2D eigenvalue weighted by Crippen LogP contribution is -2.02. The van der Waals surface area contributed by atoms with Gasteiger partial charge in [-0.1, -0.05) is 164 Å². The van der Waals surface area contributed by atoms with Gasteiger partial charge >= 0.3 is 0 Å². The minimum Gasteiger partial charge on any atom is -0.309 e. The van der Waals surface area contributed by atoms with Gasteiger partial charge < -0.3 is 4.57 Å². The number of benzene rings is 11.